The van der Waals surface area contributed by atoms with Crippen LogP contribution < -0.4 is 14.5 Å². The molecule has 0 radical (unpaired) electrons. The van der Waals surface area contributed by atoms with Crippen LogP contribution in [-0.4, -0.2) is 52.2 Å². The summed E-state index contributed by atoms with van der Waals surface area (Å²) in [7, 11) is 0. The van der Waals surface area contributed by atoms with Gasteiger partial charge in [0.05, 0.1) is 23.7 Å². The van der Waals surface area contributed by atoms with Crippen molar-refractivity contribution in [1.82, 2.24) is 4.90 Å². The minimum absolute atomic E-state index is 0.0455. The van der Waals surface area contributed by atoms with Gasteiger partial charge in [-0.3, -0.25) is 14.5 Å². The first-order valence-electron chi connectivity index (χ1n) is 11.9. The second-order valence-electron chi connectivity index (χ2n) is 9.97. The van der Waals surface area contributed by atoms with Gasteiger partial charge in [0.15, 0.2) is 11.6 Å². The fraction of sp³-hybridized carbons (Fsp3) is 0.423. The SMILES string of the molecule is CC(=O)N1CCC(Oc2ccc(N3C4SC4N(c4ccc(C#N)c(C(F)(F)F)c4)C(=O)C3(C)C)cc2F)C1. The zero-order valence-corrected chi connectivity index (χ0v) is 21.6. The molecule has 0 aromatic heterocycles. The van der Waals surface area contributed by atoms with Crippen molar-refractivity contribution in [2.45, 2.75) is 55.8 Å². The highest BCUT2D eigenvalue weighted by atomic mass is 32.2. The van der Waals surface area contributed by atoms with Crippen molar-refractivity contribution in [2.75, 3.05) is 22.9 Å². The summed E-state index contributed by atoms with van der Waals surface area (Å²) in [6.07, 6.45) is -4.48. The van der Waals surface area contributed by atoms with E-state index in [2.05, 4.69) is 0 Å². The van der Waals surface area contributed by atoms with Gasteiger partial charge in [-0.2, -0.15) is 18.4 Å². The molecule has 0 spiro atoms. The van der Waals surface area contributed by atoms with Crippen LogP contribution in [0.3, 0.4) is 0 Å². The Labute approximate surface area is 220 Å². The van der Waals surface area contributed by atoms with E-state index in [1.807, 2.05) is 0 Å². The molecule has 3 fully saturated rings. The number of hydrogen-bond acceptors (Lipinski definition) is 6. The van der Waals surface area contributed by atoms with Crippen molar-refractivity contribution < 1.29 is 31.9 Å². The Balaban J connectivity index is 1.39. The highest BCUT2D eigenvalue weighted by molar-refractivity contribution is 8.08. The molecule has 5 rings (SSSR count). The van der Waals surface area contributed by atoms with E-state index in [0.29, 0.717) is 25.2 Å². The number of ether oxygens (including phenoxy) is 1. The number of piperazine rings is 1. The molecule has 2 aromatic rings. The number of nitriles is 1. The van der Waals surface area contributed by atoms with Gasteiger partial charge in [-0.05, 0) is 44.2 Å². The summed E-state index contributed by atoms with van der Waals surface area (Å²) in [6, 6.07) is 9.23. The van der Waals surface area contributed by atoms with Crippen LogP contribution in [0.2, 0.25) is 0 Å². The van der Waals surface area contributed by atoms with Crippen LogP contribution in [0.4, 0.5) is 28.9 Å². The van der Waals surface area contributed by atoms with Gasteiger partial charge in [-0.15, -0.1) is 11.8 Å². The molecule has 2 aromatic carbocycles. The van der Waals surface area contributed by atoms with Gasteiger partial charge in [0.25, 0.3) is 5.91 Å². The average Bonchev–Trinajstić information content (AvgIpc) is 3.45. The second-order valence-corrected chi connectivity index (χ2v) is 11.2. The molecular weight excluding hydrogens is 524 g/mol. The lowest BCUT2D eigenvalue weighted by Gasteiger charge is -2.45. The van der Waals surface area contributed by atoms with Crippen molar-refractivity contribution in [3.05, 3.63) is 53.3 Å². The zero-order chi connectivity index (χ0) is 27.6. The number of benzene rings is 2. The molecule has 0 saturated carbocycles. The van der Waals surface area contributed by atoms with Crippen LogP contribution in [0.5, 0.6) is 5.75 Å². The molecule has 12 heteroatoms. The maximum atomic E-state index is 15.1. The van der Waals surface area contributed by atoms with E-state index in [9.17, 15) is 22.8 Å². The fourth-order valence-electron chi connectivity index (χ4n) is 5.08. The van der Waals surface area contributed by atoms with E-state index in [1.165, 1.54) is 41.8 Å². The largest absolute Gasteiger partial charge is 0.485 e. The number of likely N-dealkylation sites (tertiary alicyclic amines) is 1. The van der Waals surface area contributed by atoms with Gasteiger partial charge in [-0.25, -0.2) is 4.39 Å². The van der Waals surface area contributed by atoms with E-state index >= 15 is 4.39 Å². The molecule has 3 atom stereocenters. The molecule has 38 heavy (non-hydrogen) atoms. The Kier molecular flexibility index (Phi) is 6.25. The van der Waals surface area contributed by atoms with Crippen molar-refractivity contribution in [2.24, 2.45) is 0 Å². The fourth-order valence-corrected chi connectivity index (χ4v) is 6.36. The van der Waals surface area contributed by atoms with Gasteiger partial charge in [0, 0.05) is 37.3 Å². The third-order valence-corrected chi connectivity index (χ3v) is 8.27. The predicted octanol–water partition coefficient (Wildman–Crippen LogP) is 4.75. The first-order chi connectivity index (χ1) is 17.8. The summed E-state index contributed by atoms with van der Waals surface area (Å²) in [4.78, 5) is 29.9. The number of alkyl halides is 3. The van der Waals surface area contributed by atoms with Crippen LogP contribution in [0.1, 0.15) is 38.3 Å². The van der Waals surface area contributed by atoms with Crippen LogP contribution in [0.15, 0.2) is 36.4 Å². The lowest BCUT2D eigenvalue weighted by molar-refractivity contribution is -0.138. The number of carbonyl (C=O) groups is 2. The normalized spacial score (nSPS) is 24.2. The minimum Gasteiger partial charge on any atom is -0.485 e. The van der Waals surface area contributed by atoms with E-state index in [1.54, 1.807) is 35.8 Å². The van der Waals surface area contributed by atoms with Crippen LogP contribution in [0.25, 0.3) is 0 Å². The van der Waals surface area contributed by atoms with Gasteiger partial charge in [0.1, 0.15) is 22.4 Å². The van der Waals surface area contributed by atoms with Gasteiger partial charge in [-0.1, -0.05) is 0 Å². The summed E-state index contributed by atoms with van der Waals surface area (Å²) in [6.45, 7) is 5.68. The van der Waals surface area contributed by atoms with E-state index in [4.69, 9.17) is 10.00 Å². The molecule has 3 aliphatic heterocycles. The standard InChI is InChI=1S/C26H24F4N4O3S/c1-14(35)32-9-8-18(13-32)37-21-7-6-17(11-20(21)27)34-23-22(38-23)33(24(36)25(34,2)3)16-5-4-15(12-31)19(10-16)26(28,29)30/h4-7,10-11,18,22-23H,8-9,13H2,1-3H3. The molecule has 0 aliphatic carbocycles. The molecule has 0 N–H and O–H groups in total. The van der Waals surface area contributed by atoms with Crippen LogP contribution in [-0.2, 0) is 15.8 Å². The Morgan fingerprint density at radius 1 is 1.16 bits per heavy atom. The van der Waals surface area contributed by atoms with Gasteiger partial charge in [0.2, 0.25) is 5.91 Å². The van der Waals surface area contributed by atoms with Crippen molar-refractivity contribution in [3.8, 4) is 11.8 Å². The zero-order valence-electron chi connectivity index (χ0n) is 20.8. The van der Waals surface area contributed by atoms with Gasteiger partial charge >= 0.3 is 6.18 Å². The number of nitrogens with zero attached hydrogens (tertiary/aromatic N) is 4. The van der Waals surface area contributed by atoms with Crippen molar-refractivity contribution in [3.63, 3.8) is 0 Å². The summed E-state index contributed by atoms with van der Waals surface area (Å²) in [5.74, 6) is -1.08. The van der Waals surface area contributed by atoms with Gasteiger partial charge < -0.3 is 14.5 Å². The monoisotopic (exact) mass is 548 g/mol. The highest BCUT2D eigenvalue weighted by Gasteiger charge is 2.61. The Morgan fingerprint density at radius 3 is 2.47 bits per heavy atom. The van der Waals surface area contributed by atoms with Crippen molar-refractivity contribution in [1.29, 1.82) is 5.26 Å². The van der Waals surface area contributed by atoms with Crippen LogP contribution in [0, 0.1) is 17.1 Å². The Bertz CT molecular complexity index is 1360. The summed E-state index contributed by atoms with van der Waals surface area (Å²) >= 11 is 1.37. The molecular formula is C26H24F4N4O3S. The maximum Gasteiger partial charge on any atom is 0.417 e. The number of amides is 2. The number of carbonyl (C=O) groups excluding carboxylic acids is 2. The van der Waals surface area contributed by atoms with E-state index in [-0.39, 0.29) is 28.8 Å². The molecule has 3 unspecified atom stereocenters. The number of fused-ring (bicyclic) bond motifs is 1. The summed E-state index contributed by atoms with van der Waals surface area (Å²) in [5.41, 5.74) is -2.32. The minimum atomic E-state index is -4.75. The van der Waals surface area contributed by atoms with Crippen molar-refractivity contribution >= 4 is 35.0 Å². The van der Waals surface area contributed by atoms with E-state index < -0.39 is 39.9 Å². The maximum absolute atomic E-state index is 15.1. The first-order valence-corrected chi connectivity index (χ1v) is 12.9. The quantitative estimate of drug-likeness (QED) is 0.406. The lowest BCUT2D eigenvalue weighted by atomic mass is 9.95. The number of halogens is 4. The Hall–Kier alpha value is -3.46. The molecule has 3 saturated heterocycles. The second kappa shape index (κ2) is 9.08. The molecule has 3 aliphatic rings. The van der Waals surface area contributed by atoms with Crippen LogP contribution >= 0.6 is 11.8 Å². The number of thioether (sulfide) groups is 1. The lowest BCUT2D eigenvalue weighted by Crippen LogP contribution is -2.63. The Morgan fingerprint density at radius 2 is 1.87 bits per heavy atom. The topological polar surface area (TPSA) is 76.9 Å². The average molecular weight is 549 g/mol. The number of hydrogen-bond donors (Lipinski definition) is 0. The third kappa shape index (κ3) is 4.42. The first kappa shape index (κ1) is 26.2. The number of rotatable bonds is 4. The molecule has 7 nitrogen and oxygen atoms in total. The predicted molar refractivity (Wildman–Crippen MR) is 133 cm³/mol. The number of anilines is 2. The molecule has 2 amide bonds. The van der Waals surface area contributed by atoms with E-state index in [0.717, 1.165) is 12.1 Å². The summed E-state index contributed by atoms with van der Waals surface area (Å²) < 4.78 is 61.5. The highest BCUT2D eigenvalue weighted by Crippen LogP contribution is 2.56. The summed E-state index contributed by atoms with van der Waals surface area (Å²) in [5, 5.41) is 8.32. The molecule has 0 bridgehead atoms. The smallest absolute Gasteiger partial charge is 0.417 e. The third-order valence-electron chi connectivity index (χ3n) is 7.08. The molecule has 3 heterocycles. The molecule has 200 valence electrons.